The molecule has 0 fully saturated rings. The van der Waals surface area contributed by atoms with Crippen molar-refractivity contribution in [2.24, 2.45) is 7.05 Å². The van der Waals surface area contributed by atoms with E-state index in [4.69, 9.17) is 9.47 Å². The standard InChI is InChI=1S/C29H32N4O4S2/c1-7-20-10-12-21(13-11-20)37-19(4)26-31-32-29(33(26)5)39-16-24(34)30-27-25(28(35)36-6)23(15-38-27)22-14-17(2)8-9-18(22)3/h8-15,19H,7,16H2,1-6H3,(H,30,34). The molecule has 0 bridgehead atoms. The number of benzene rings is 2. The van der Waals surface area contributed by atoms with E-state index in [0.717, 1.165) is 34.4 Å². The molecule has 0 radical (unpaired) electrons. The summed E-state index contributed by atoms with van der Waals surface area (Å²) in [5, 5.41) is 14.3. The largest absolute Gasteiger partial charge is 0.483 e. The normalized spacial score (nSPS) is 11.7. The zero-order chi connectivity index (χ0) is 28.1. The van der Waals surface area contributed by atoms with Gasteiger partial charge in [0.25, 0.3) is 0 Å². The van der Waals surface area contributed by atoms with E-state index in [1.54, 1.807) is 0 Å². The van der Waals surface area contributed by atoms with E-state index >= 15 is 0 Å². The SMILES string of the molecule is CCc1ccc(OC(C)c2nnc(SCC(=O)Nc3scc(-c4cc(C)ccc4C)c3C(=O)OC)n2C)cc1. The third-order valence-corrected chi connectivity index (χ3v) is 8.24. The average molecular weight is 565 g/mol. The maximum Gasteiger partial charge on any atom is 0.341 e. The molecular formula is C29H32N4O4S2. The van der Waals surface area contributed by atoms with E-state index in [2.05, 4.69) is 22.4 Å². The van der Waals surface area contributed by atoms with E-state index in [-0.39, 0.29) is 17.8 Å². The molecule has 0 aliphatic rings. The van der Waals surface area contributed by atoms with Crippen LogP contribution in [0.2, 0.25) is 0 Å². The van der Waals surface area contributed by atoms with Gasteiger partial charge in [-0.2, -0.15) is 0 Å². The molecule has 0 saturated carbocycles. The molecule has 204 valence electrons. The van der Waals surface area contributed by atoms with Crippen molar-refractivity contribution < 1.29 is 19.1 Å². The van der Waals surface area contributed by atoms with Crippen LogP contribution in [0.3, 0.4) is 0 Å². The second kappa shape index (κ2) is 12.5. The molecule has 0 aliphatic heterocycles. The van der Waals surface area contributed by atoms with Gasteiger partial charge in [0.2, 0.25) is 5.91 Å². The first kappa shape index (κ1) is 28.4. The smallest absolute Gasteiger partial charge is 0.341 e. The zero-order valence-electron chi connectivity index (χ0n) is 22.9. The third kappa shape index (κ3) is 6.51. The Bertz CT molecular complexity index is 1480. The minimum Gasteiger partial charge on any atom is -0.483 e. The summed E-state index contributed by atoms with van der Waals surface area (Å²) in [6, 6.07) is 14.1. The molecule has 2 heterocycles. The number of carbonyl (C=O) groups excluding carboxylic acids is 2. The van der Waals surface area contributed by atoms with Gasteiger partial charge in [-0.1, -0.05) is 54.6 Å². The van der Waals surface area contributed by atoms with Gasteiger partial charge in [0.15, 0.2) is 17.1 Å². The Hall–Kier alpha value is -3.63. The number of aromatic nitrogens is 3. The summed E-state index contributed by atoms with van der Waals surface area (Å²) in [5.74, 6) is 0.753. The summed E-state index contributed by atoms with van der Waals surface area (Å²) in [5.41, 5.74) is 5.39. The van der Waals surface area contributed by atoms with E-state index in [1.165, 1.54) is 35.8 Å². The lowest BCUT2D eigenvalue weighted by molar-refractivity contribution is -0.113. The molecule has 1 amide bonds. The van der Waals surface area contributed by atoms with Crippen molar-refractivity contribution in [2.75, 3.05) is 18.2 Å². The molecule has 39 heavy (non-hydrogen) atoms. The van der Waals surface area contributed by atoms with Crippen molar-refractivity contribution in [1.82, 2.24) is 14.8 Å². The van der Waals surface area contributed by atoms with Gasteiger partial charge in [0.1, 0.15) is 16.3 Å². The molecule has 2 aromatic carbocycles. The number of esters is 1. The van der Waals surface area contributed by atoms with Crippen molar-refractivity contribution in [2.45, 2.75) is 45.4 Å². The highest BCUT2D eigenvalue weighted by Gasteiger charge is 2.24. The van der Waals surface area contributed by atoms with Gasteiger partial charge in [-0.05, 0) is 56.0 Å². The summed E-state index contributed by atoms with van der Waals surface area (Å²) in [6.45, 7) is 8.02. The molecule has 1 atom stereocenters. The fourth-order valence-corrected chi connectivity index (χ4v) is 5.82. The Balaban J connectivity index is 1.43. The quantitative estimate of drug-likeness (QED) is 0.176. The summed E-state index contributed by atoms with van der Waals surface area (Å²) in [7, 11) is 3.19. The first-order valence-corrected chi connectivity index (χ1v) is 14.4. The Labute approximate surface area is 236 Å². The molecule has 0 aliphatic carbocycles. The number of anilines is 1. The molecular weight excluding hydrogens is 532 g/mol. The highest BCUT2D eigenvalue weighted by atomic mass is 32.2. The van der Waals surface area contributed by atoms with E-state index in [0.29, 0.717) is 21.5 Å². The predicted molar refractivity (Wildman–Crippen MR) is 156 cm³/mol. The van der Waals surface area contributed by atoms with Gasteiger partial charge in [-0.15, -0.1) is 21.5 Å². The third-order valence-electron chi connectivity index (χ3n) is 6.33. The van der Waals surface area contributed by atoms with E-state index in [1.807, 2.05) is 80.2 Å². The van der Waals surface area contributed by atoms with Crippen LogP contribution in [0.4, 0.5) is 5.00 Å². The lowest BCUT2D eigenvalue weighted by atomic mass is 9.97. The van der Waals surface area contributed by atoms with Crippen LogP contribution >= 0.6 is 23.1 Å². The van der Waals surface area contributed by atoms with Crippen molar-refractivity contribution in [1.29, 1.82) is 0 Å². The zero-order valence-corrected chi connectivity index (χ0v) is 24.5. The van der Waals surface area contributed by atoms with Gasteiger partial charge in [0, 0.05) is 18.0 Å². The van der Waals surface area contributed by atoms with Crippen LogP contribution in [0.15, 0.2) is 53.0 Å². The number of methoxy groups -OCH3 is 1. The molecule has 4 aromatic rings. The number of hydrogen-bond donors (Lipinski definition) is 1. The molecule has 0 spiro atoms. The maximum absolute atomic E-state index is 12.9. The van der Waals surface area contributed by atoms with Gasteiger partial charge in [-0.25, -0.2) is 4.79 Å². The van der Waals surface area contributed by atoms with Crippen molar-refractivity contribution in [3.63, 3.8) is 0 Å². The summed E-state index contributed by atoms with van der Waals surface area (Å²) in [6.07, 6.45) is 0.646. The molecule has 1 unspecified atom stereocenters. The number of thioether (sulfide) groups is 1. The summed E-state index contributed by atoms with van der Waals surface area (Å²) in [4.78, 5) is 25.6. The first-order valence-electron chi connectivity index (χ1n) is 12.6. The van der Waals surface area contributed by atoms with Crippen molar-refractivity contribution >= 4 is 40.0 Å². The van der Waals surface area contributed by atoms with Crippen molar-refractivity contribution in [3.8, 4) is 16.9 Å². The van der Waals surface area contributed by atoms with Gasteiger partial charge < -0.3 is 19.4 Å². The highest BCUT2D eigenvalue weighted by molar-refractivity contribution is 7.99. The fraction of sp³-hybridized carbons (Fsp3) is 0.310. The lowest BCUT2D eigenvalue weighted by Gasteiger charge is -2.14. The molecule has 10 heteroatoms. The van der Waals surface area contributed by atoms with Crippen LogP contribution in [0.25, 0.3) is 11.1 Å². The molecule has 4 rings (SSSR count). The lowest BCUT2D eigenvalue weighted by Crippen LogP contribution is -2.16. The van der Waals surface area contributed by atoms with Crippen LogP contribution in [0.1, 0.15) is 52.8 Å². The molecule has 8 nitrogen and oxygen atoms in total. The van der Waals surface area contributed by atoms with Gasteiger partial charge in [0.05, 0.1) is 12.9 Å². The van der Waals surface area contributed by atoms with Crippen molar-refractivity contribution in [3.05, 3.63) is 75.9 Å². The highest BCUT2D eigenvalue weighted by Crippen LogP contribution is 2.38. The summed E-state index contributed by atoms with van der Waals surface area (Å²) < 4.78 is 12.9. The minimum absolute atomic E-state index is 0.0943. The van der Waals surface area contributed by atoms with E-state index < -0.39 is 5.97 Å². The second-order valence-electron chi connectivity index (χ2n) is 9.16. The number of amides is 1. The van der Waals surface area contributed by atoms with E-state index in [9.17, 15) is 9.59 Å². The first-order chi connectivity index (χ1) is 18.7. The topological polar surface area (TPSA) is 95.3 Å². The number of hydrogen-bond acceptors (Lipinski definition) is 8. The Morgan fingerprint density at radius 1 is 1.10 bits per heavy atom. The van der Waals surface area contributed by atoms with Crippen LogP contribution in [0, 0.1) is 13.8 Å². The number of ether oxygens (including phenoxy) is 2. The second-order valence-corrected chi connectivity index (χ2v) is 11.0. The number of carbonyl (C=O) groups is 2. The fourth-order valence-electron chi connectivity index (χ4n) is 4.14. The Morgan fingerprint density at radius 2 is 1.85 bits per heavy atom. The Morgan fingerprint density at radius 3 is 2.54 bits per heavy atom. The van der Waals surface area contributed by atoms with Gasteiger partial charge in [-0.3, -0.25) is 4.79 Å². The molecule has 1 N–H and O–H groups in total. The molecule has 2 aromatic heterocycles. The Kier molecular flexibility index (Phi) is 9.08. The predicted octanol–water partition coefficient (Wildman–Crippen LogP) is 6.38. The number of nitrogens with zero attached hydrogens (tertiary/aromatic N) is 3. The van der Waals surface area contributed by atoms with Crippen LogP contribution in [0.5, 0.6) is 5.75 Å². The maximum atomic E-state index is 12.9. The van der Waals surface area contributed by atoms with Crippen LogP contribution in [-0.2, 0) is 23.0 Å². The number of nitrogens with one attached hydrogen (secondary N) is 1. The summed E-state index contributed by atoms with van der Waals surface area (Å²) >= 11 is 2.56. The molecule has 0 saturated heterocycles. The number of aryl methyl sites for hydroxylation is 3. The number of thiophene rings is 1. The average Bonchev–Trinajstić information content (AvgIpc) is 3.51. The minimum atomic E-state index is -0.494. The van der Waals surface area contributed by atoms with Crippen LogP contribution in [-0.4, -0.2) is 39.5 Å². The van der Waals surface area contributed by atoms with Crippen LogP contribution < -0.4 is 10.1 Å². The monoisotopic (exact) mass is 564 g/mol. The number of rotatable bonds is 10. The van der Waals surface area contributed by atoms with Gasteiger partial charge >= 0.3 is 5.97 Å².